The summed E-state index contributed by atoms with van der Waals surface area (Å²) in [5.41, 5.74) is -1.78. The quantitative estimate of drug-likeness (QED) is 0.624. The van der Waals surface area contributed by atoms with Crippen LogP contribution in [-0.4, -0.2) is 49.4 Å². The maximum atomic E-state index is 12.1. The second-order valence-corrected chi connectivity index (χ2v) is 5.96. The van der Waals surface area contributed by atoms with Crippen molar-refractivity contribution in [3.63, 3.8) is 0 Å². The molecule has 0 saturated carbocycles. The number of sulfonamides is 1. The predicted octanol–water partition coefficient (Wildman–Crippen LogP) is -1.36. The Hall–Kier alpha value is -1.94. The summed E-state index contributed by atoms with van der Waals surface area (Å²) in [6, 6.07) is 0. The molecule has 20 heavy (non-hydrogen) atoms. The van der Waals surface area contributed by atoms with Crippen molar-refractivity contribution in [1.29, 1.82) is 0 Å². The monoisotopic (exact) mass is 305 g/mol. The van der Waals surface area contributed by atoms with E-state index in [0.717, 1.165) is 10.5 Å². The van der Waals surface area contributed by atoms with E-state index >= 15 is 0 Å². The molecule has 0 amide bonds. The number of carbonyl (C=O) groups is 1. The van der Waals surface area contributed by atoms with E-state index < -0.39 is 32.1 Å². The van der Waals surface area contributed by atoms with Crippen LogP contribution in [0.2, 0.25) is 0 Å². The number of aromatic nitrogens is 2. The number of hydrogen-bond acceptors (Lipinski definition) is 6. The van der Waals surface area contributed by atoms with Gasteiger partial charge in [-0.05, 0) is 6.42 Å². The number of nitrogens with zero attached hydrogens (tertiary/aromatic N) is 1. The third-order valence-corrected chi connectivity index (χ3v) is 4.42. The lowest BCUT2D eigenvalue weighted by molar-refractivity contribution is -0.140. The Labute approximate surface area is 114 Å². The fraction of sp³-hybridized carbons (Fsp3) is 0.500. The first-order chi connectivity index (χ1) is 9.28. The molecule has 1 aromatic rings. The fourth-order valence-electron chi connectivity index (χ4n) is 1.43. The van der Waals surface area contributed by atoms with E-state index in [2.05, 4.69) is 9.72 Å². The molecule has 0 fully saturated rings. The molecule has 0 aliphatic carbocycles. The van der Waals surface area contributed by atoms with E-state index in [4.69, 9.17) is 0 Å². The summed E-state index contributed by atoms with van der Waals surface area (Å²) in [7, 11) is -1.51. The van der Waals surface area contributed by atoms with Gasteiger partial charge in [-0.15, -0.1) is 0 Å². The minimum Gasteiger partial charge on any atom is -0.469 e. The zero-order valence-electron chi connectivity index (χ0n) is 11.0. The van der Waals surface area contributed by atoms with Gasteiger partial charge in [0.2, 0.25) is 10.0 Å². The lowest BCUT2D eigenvalue weighted by atomic mass is 10.3. The van der Waals surface area contributed by atoms with Crippen molar-refractivity contribution in [3.8, 4) is 0 Å². The first-order valence-electron chi connectivity index (χ1n) is 5.64. The predicted molar refractivity (Wildman–Crippen MR) is 68.7 cm³/mol. The average molecular weight is 305 g/mol. The van der Waals surface area contributed by atoms with Crippen LogP contribution < -0.4 is 11.2 Å². The first-order valence-corrected chi connectivity index (χ1v) is 7.08. The maximum absolute atomic E-state index is 12.1. The van der Waals surface area contributed by atoms with Gasteiger partial charge in [0.25, 0.3) is 5.56 Å². The van der Waals surface area contributed by atoms with Crippen molar-refractivity contribution in [2.45, 2.75) is 17.7 Å². The van der Waals surface area contributed by atoms with E-state index in [-0.39, 0.29) is 19.4 Å². The summed E-state index contributed by atoms with van der Waals surface area (Å²) in [6.45, 7) is 0.0377. The maximum Gasteiger partial charge on any atom is 0.325 e. The van der Waals surface area contributed by atoms with Crippen molar-refractivity contribution in [3.05, 3.63) is 27.0 Å². The second-order valence-electron chi connectivity index (χ2n) is 3.94. The summed E-state index contributed by atoms with van der Waals surface area (Å²) in [5.74, 6) is -0.447. The van der Waals surface area contributed by atoms with Crippen LogP contribution in [0.5, 0.6) is 0 Å². The molecule has 0 saturated heterocycles. The van der Waals surface area contributed by atoms with Crippen molar-refractivity contribution in [2.75, 3.05) is 20.7 Å². The number of esters is 1. The molecule has 1 rings (SSSR count). The van der Waals surface area contributed by atoms with Gasteiger partial charge in [-0.1, -0.05) is 0 Å². The van der Waals surface area contributed by atoms with Crippen LogP contribution in [0.25, 0.3) is 0 Å². The molecule has 10 heteroatoms. The molecule has 112 valence electrons. The fourth-order valence-corrected chi connectivity index (χ4v) is 2.62. The minimum absolute atomic E-state index is 0.0377. The van der Waals surface area contributed by atoms with Crippen LogP contribution in [0.3, 0.4) is 0 Å². The highest BCUT2D eigenvalue weighted by Gasteiger charge is 2.24. The number of nitrogens with one attached hydrogen (secondary N) is 2. The molecule has 0 spiro atoms. The zero-order chi connectivity index (χ0) is 15.3. The third kappa shape index (κ3) is 3.78. The van der Waals surface area contributed by atoms with Crippen molar-refractivity contribution in [2.24, 2.45) is 0 Å². The molecule has 0 bridgehead atoms. The van der Waals surface area contributed by atoms with E-state index in [0.29, 0.717) is 0 Å². The van der Waals surface area contributed by atoms with Gasteiger partial charge in [-0.3, -0.25) is 14.6 Å². The van der Waals surface area contributed by atoms with Crippen molar-refractivity contribution < 1.29 is 17.9 Å². The highest BCUT2D eigenvalue weighted by atomic mass is 32.2. The van der Waals surface area contributed by atoms with Gasteiger partial charge >= 0.3 is 11.7 Å². The normalized spacial score (nSPS) is 11.6. The van der Waals surface area contributed by atoms with Crippen LogP contribution in [0.15, 0.2) is 20.7 Å². The van der Waals surface area contributed by atoms with Gasteiger partial charge in [0.1, 0.15) is 0 Å². The molecule has 0 aliphatic heterocycles. The van der Waals surface area contributed by atoms with E-state index in [1.165, 1.54) is 14.2 Å². The molecule has 1 aromatic heterocycles. The average Bonchev–Trinajstić information content (AvgIpc) is 2.37. The number of rotatable bonds is 6. The Morgan fingerprint density at radius 1 is 1.40 bits per heavy atom. The van der Waals surface area contributed by atoms with Gasteiger partial charge in [0, 0.05) is 26.2 Å². The Morgan fingerprint density at radius 3 is 2.60 bits per heavy atom. The van der Waals surface area contributed by atoms with Crippen molar-refractivity contribution in [1.82, 2.24) is 14.3 Å². The number of carbonyl (C=O) groups excluding carboxylic acids is 1. The molecular weight excluding hydrogens is 290 g/mol. The lowest BCUT2D eigenvalue weighted by Crippen LogP contribution is -2.35. The van der Waals surface area contributed by atoms with Crippen LogP contribution in [0.1, 0.15) is 12.8 Å². The van der Waals surface area contributed by atoms with Crippen LogP contribution in [0, 0.1) is 0 Å². The smallest absolute Gasteiger partial charge is 0.325 e. The topological polar surface area (TPSA) is 129 Å². The molecule has 0 aromatic carbocycles. The van der Waals surface area contributed by atoms with Crippen LogP contribution in [-0.2, 0) is 19.6 Å². The molecule has 0 radical (unpaired) electrons. The SMILES string of the molecule is COC(=O)CCCN(C)S(=O)(=O)c1c[nH]c(=O)[nH]c1=O. The molecule has 0 aliphatic rings. The Bertz CT molecular complexity index is 689. The van der Waals surface area contributed by atoms with Gasteiger partial charge in [0.15, 0.2) is 4.90 Å². The molecular formula is C10H15N3O6S. The number of ether oxygens (including phenoxy) is 1. The van der Waals surface area contributed by atoms with Gasteiger partial charge in [0.05, 0.1) is 7.11 Å². The second kappa shape index (κ2) is 6.48. The summed E-state index contributed by atoms with van der Waals surface area (Å²) < 4.78 is 29.5. The number of hydrogen-bond donors (Lipinski definition) is 2. The summed E-state index contributed by atoms with van der Waals surface area (Å²) in [4.78, 5) is 36.6. The van der Waals surface area contributed by atoms with Crippen molar-refractivity contribution >= 4 is 16.0 Å². The van der Waals surface area contributed by atoms with Crippen LogP contribution >= 0.6 is 0 Å². The molecule has 0 unspecified atom stereocenters. The van der Waals surface area contributed by atoms with Gasteiger partial charge < -0.3 is 9.72 Å². The Kier molecular flexibility index (Phi) is 5.22. The van der Waals surface area contributed by atoms with E-state index in [9.17, 15) is 22.8 Å². The summed E-state index contributed by atoms with van der Waals surface area (Å²) >= 11 is 0. The highest BCUT2D eigenvalue weighted by molar-refractivity contribution is 7.89. The molecule has 1 heterocycles. The summed E-state index contributed by atoms with van der Waals surface area (Å²) in [6.07, 6.45) is 1.16. The number of methoxy groups -OCH3 is 1. The van der Waals surface area contributed by atoms with Gasteiger partial charge in [-0.2, -0.15) is 0 Å². The van der Waals surface area contributed by atoms with Gasteiger partial charge in [-0.25, -0.2) is 17.5 Å². The molecule has 2 N–H and O–H groups in total. The van der Waals surface area contributed by atoms with E-state index in [1.807, 2.05) is 4.98 Å². The van der Waals surface area contributed by atoms with E-state index in [1.54, 1.807) is 0 Å². The largest absolute Gasteiger partial charge is 0.469 e. The minimum atomic E-state index is -4.02. The number of aromatic amines is 2. The highest BCUT2D eigenvalue weighted by Crippen LogP contribution is 2.08. The Morgan fingerprint density at radius 2 is 2.05 bits per heavy atom. The van der Waals surface area contributed by atoms with Crippen LogP contribution in [0.4, 0.5) is 0 Å². The standard InChI is InChI=1S/C10H15N3O6S/c1-13(5-3-4-8(14)19-2)20(17,18)7-6-11-10(16)12-9(7)15/h6H,3-5H2,1-2H3,(H2,11,12,15,16). The zero-order valence-corrected chi connectivity index (χ0v) is 11.8. The third-order valence-electron chi connectivity index (χ3n) is 2.56. The molecule has 0 atom stereocenters. The number of H-pyrrole nitrogens is 2. The lowest BCUT2D eigenvalue weighted by Gasteiger charge is -2.15. The molecule has 9 nitrogen and oxygen atoms in total. The summed E-state index contributed by atoms with van der Waals surface area (Å²) in [5, 5.41) is 0. The first kappa shape index (κ1) is 16.1. The Balaban J connectivity index is 2.85.